The van der Waals surface area contributed by atoms with Crippen molar-refractivity contribution in [2.24, 2.45) is 0 Å². The lowest BCUT2D eigenvalue weighted by molar-refractivity contribution is 0.262. The first-order chi connectivity index (χ1) is 15.5. The van der Waals surface area contributed by atoms with Gasteiger partial charge in [0.25, 0.3) is 0 Å². The topological polar surface area (TPSA) is 107 Å². The number of rotatable bonds is 6. The molecule has 0 aliphatic rings. The van der Waals surface area contributed by atoms with E-state index in [0.717, 1.165) is 5.69 Å². The van der Waals surface area contributed by atoms with Crippen molar-refractivity contribution in [3.05, 3.63) is 52.8 Å². The smallest absolute Gasteiger partial charge is 0.325 e. The van der Waals surface area contributed by atoms with Crippen LogP contribution in [0.2, 0.25) is 5.02 Å². The number of fused-ring (bicyclic) bond motifs is 1. The molecule has 0 radical (unpaired) electrons. The number of urea groups is 1. The van der Waals surface area contributed by atoms with Crippen molar-refractivity contribution in [2.75, 3.05) is 24.9 Å². The van der Waals surface area contributed by atoms with Gasteiger partial charge in [-0.3, -0.25) is 5.32 Å². The van der Waals surface area contributed by atoms with Gasteiger partial charge in [0.2, 0.25) is 5.88 Å². The molecule has 11 heteroatoms. The SMILES string of the molecule is COc1cc2ncnc(Oc3ccc(NC(=O)Nc4nc(C)cs4)c(Cl)c3)c2cc1OC. The summed E-state index contributed by atoms with van der Waals surface area (Å²) in [5.41, 5.74) is 1.88. The molecule has 0 bridgehead atoms. The number of ether oxygens (including phenoxy) is 3. The number of hydrogen-bond acceptors (Lipinski definition) is 8. The van der Waals surface area contributed by atoms with Crippen LogP contribution in [-0.4, -0.2) is 35.2 Å². The Bertz CT molecular complexity index is 1300. The van der Waals surface area contributed by atoms with Crippen molar-refractivity contribution in [1.29, 1.82) is 0 Å². The van der Waals surface area contributed by atoms with Gasteiger partial charge in [0.05, 0.1) is 41.5 Å². The van der Waals surface area contributed by atoms with Crippen molar-refractivity contribution >= 4 is 50.7 Å². The highest BCUT2D eigenvalue weighted by Crippen LogP contribution is 2.36. The van der Waals surface area contributed by atoms with E-state index in [1.807, 2.05) is 12.3 Å². The molecule has 0 unspecified atom stereocenters. The number of anilines is 2. The van der Waals surface area contributed by atoms with Gasteiger partial charge in [-0.25, -0.2) is 19.7 Å². The van der Waals surface area contributed by atoms with E-state index in [0.29, 0.717) is 49.9 Å². The molecule has 2 aromatic carbocycles. The van der Waals surface area contributed by atoms with Gasteiger partial charge in [0.15, 0.2) is 16.6 Å². The number of benzene rings is 2. The predicted octanol–water partition coefficient (Wildman–Crippen LogP) is 5.50. The van der Waals surface area contributed by atoms with Crippen LogP contribution in [-0.2, 0) is 0 Å². The Labute approximate surface area is 192 Å². The molecule has 0 saturated carbocycles. The largest absolute Gasteiger partial charge is 0.493 e. The second-order valence-electron chi connectivity index (χ2n) is 6.52. The maximum atomic E-state index is 12.2. The Balaban J connectivity index is 1.53. The standard InChI is InChI=1S/C21H18ClN5O4S/c1-11-9-32-21(25-11)27-20(28)26-15-5-4-12(6-14(15)22)31-19-13-7-17(29-2)18(30-3)8-16(13)23-10-24-19/h4-10H,1-3H3,(H2,25,26,27,28). The fraction of sp³-hybridized carbons (Fsp3) is 0.143. The van der Waals surface area contributed by atoms with Gasteiger partial charge in [-0.15, -0.1) is 11.3 Å². The zero-order chi connectivity index (χ0) is 22.7. The molecule has 0 aliphatic heterocycles. The first-order valence-electron chi connectivity index (χ1n) is 9.31. The lowest BCUT2D eigenvalue weighted by Crippen LogP contribution is -2.19. The van der Waals surface area contributed by atoms with E-state index in [4.69, 9.17) is 25.8 Å². The highest BCUT2D eigenvalue weighted by Gasteiger charge is 2.14. The fourth-order valence-corrected chi connectivity index (χ4v) is 3.78. The number of aryl methyl sites for hydroxylation is 1. The Morgan fingerprint density at radius 1 is 1.06 bits per heavy atom. The molecule has 4 rings (SSSR count). The number of nitrogens with zero attached hydrogens (tertiary/aromatic N) is 3. The lowest BCUT2D eigenvalue weighted by atomic mass is 10.2. The van der Waals surface area contributed by atoms with Crippen molar-refractivity contribution in [3.63, 3.8) is 0 Å². The summed E-state index contributed by atoms with van der Waals surface area (Å²) < 4.78 is 16.6. The van der Waals surface area contributed by atoms with Crippen molar-refractivity contribution in [1.82, 2.24) is 15.0 Å². The Morgan fingerprint density at radius 3 is 2.53 bits per heavy atom. The quantitative estimate of drug-likeness (QED) is 0.382. The molecule has 4 aromatic rings. The summed E-state index contributed by atoms with van der Waals surface area (Å²) in [6.07, 6.45) is 1.39. The monoisotopic (exact) mass is 471 g/mol. The van der Waals surface area contributed by atoms with Crippen LogP contribution in [0.15, 0.2) is 42.0 Å². The zero-order valence-corrected chi connectivity index (χ0v) is 18.9. The minimum absolute atomic E-state index is 0.297. The summed E-state index contributed by atoms with van der Waals surface area (Å²) >= 11 is 7.68. The number of methoxy groups -OCH3 is 2. The molecular formula is C21H18ClN5O4S. The first-order valence-corrected chi connectivity index (χ1v) is 10.6. The third-order valence-corrected chi connectivity index (χ3v) is 5.54. The van der Waals surface area contributed by atoms with E-state index in [1.54, 1.807) is 44.6 Å². The van der Waals surface area contributed by atoms with Crippen molar-refractivity contribution in [2.45, 2.75) is 6.92 Å². The average molecular weight is 472 g/mol. The molecule has 0 spiro atoms. The van der Waals surface area contributed by atoms with Crippen LogP contribution in [0, 0.1) is 6.92 Å². The maximum Gasteiger partial charge on any atom is 0.325 e. The van der Waals surface area contributed by atoms with Crippen molar-refractivity contribution < 1.29 is 19.0 Å². The third-order valence-electron chi connectivity index (χ3n) is 4.35. The summed E-state index contributed by atoms with van der Waals surface area (Å²) in [6, 6.07) is 7.93. The van der Waals surface area contributed by atoms with Gasteiger partial charge < -0.3 is 19.5 Å². The van der Waals surface area contributed by atoms with Gasteiger partial charge in [0.1, 0.15) is 12.1 Å². The number of carbonyl (C=O) groups is 1. The minimum Gasteiger partial charge on any atom is -0.493 e. The van der Waals surface area contributed by atoms with Gasteiger partial charge in [-0.1, -0.05) is 11.6 Å². The molecule has 0 atom stereocenters. The molecular weight excluding hydrogens is 454 g/mol. The van der Waals surface area contributed by atoms with Crippen LogP contribution in [0.1, 0.15) is 5.69 Å². The van der Waals surface area contributed by atoms with Crippen LogP contribution < -0.4 is 24.8 Å². The van der Waals surface area contributed by atoms with Crippen molar-refractivity contribution in [3.8, 4) is 23.1 Å². The molecule has 32 heavy (non-hydrogen) atoms. The third kappa shape index (κ3) is 4.66. The molecule has 2 amide bonds. The summed E-state index contributed by atoms with van der Waals surface area (Å²) in [7, 11) is 3.10. The Morgan fingerprint density at radius 2 is 1.84 bits per heavy atom. The molecule has 164 valence electrons. The summed E-state index contributed by atoms with van der Waals surface area (Å²) in [5.74, 6) is 1.84. The van der Waals surface area contributed by atoms with E-state index in [-0.39, 0.29) is 0 Å². The Kier molecular flexibility index (Phi) is 6.24. The number of thiazole rings is 1. The summed E-state index contributed by atoms with van der Waals surface area (Å²) in [4.78, 5) is 24.9. The zero-order valence-electron chi connectivity index (χ0n) is 17.3. The highest BCUT2D eigenvalue weighted by molar-refractivity contribution is 7.13. The van der Waals surface area contributed by atoms with Crippen LogP contribution >= 0.6 is 22.9 Å². The summed E-state index contributed by atoms with van der Waals surface area (Å²) in [5, 5.41) is 8.63. The normalized spacial score (nSPS) is 10.6. The van der Waals surface area contributed by atoms with E-state index in [9.17, 15) is 4.79 Å². The molecule has 0 saturated heterocycles. The highest BCUT2D eigenvalue weighted by atomic mass is 35.5. The second-order valence-corrected chi connectivity index (χ2v) is 7.79. The second kappa shape index (κ2) is 9.25. The number of halogens is 1. The number of aromatic nitrogens is 3. The van der Waals surface area contributed by atoms with Gasteiger partial charge >= 0.3 is 6.03 Å². The molecule has 2 aromatic heterocycles. The van der Waals surface area contributed by atoms with E-state index in [1.165, 1.54) is 17.7 Å². The van der Waals surface area contributed by atoms with Crippen LogP contribution in [0.3, 0.4) is 0 Å². The first kappa shape index (κ1) is 21.6. The average Bonchev–Trinajstić information content (AvgIpc) is 3.19. The number of amides is 2. The molecule has 2 N–H and O–H groups in total. The number of carbonyl (C=O) groups excluding carboxylic acids is 1. The molecule has 0 fully saturated rings. The minimum atomic E-state index is -0.447. The summed E-state index contributed by atoms with van der Waals surface area (Å²) in [6.45, 7) is 1.85. The Hall–Kier alpha value is -3.63. The van der Waals surface area contributed by atoms with Crippen LogP contribution in [0.4, 0.5) is 15.6 Å². The van der Waals surface area contributed by atoms with Crippen LogP contribution in [0.25, 0.3) is 10.9 Å². The lowest BCUT2D eigenvalue weighted by Gasteiger charge is -2.12. The number of nitrogens with one attached hydrogen (secondary N) is 2. The predicted molar refractivity (Wildman–Crippen MR) is 124 cm³/mol. The fourth-order valence-electron chi connectivity index (χ4n) is 2.88. The number of hydrogen-bond donors (Lipinski definition) is 2. The van der Waals surface area contributed by atoms with E-state index < -0.39 is 6.03 Å². The van der Waals surface area contributed by atoms with Gasteiger partial charge in [0, 0.05) is 17.5 Å². The van der Waals surface area contributed by atoms with Crippen LogP contribution in [0.5, 0.6) is 23.1 Å². The van der Waals surface area contributed by atoms with Gasteiger partial charge in [-0.2, -0.15) is 0 Å². The van der Waals surface area contributed by atoms with E-state index >= 15 is 0 Å². The molecule has 2 heterocycles. The maximum absolute atomic E-state index is 12.2. The molecule has 0 aliphatic carbocycles. The van der Waals surface area contributed by atoms with Gasteiger partial charge in [-0.05, 0) is 25.1 Å². The van der Waals surface area contributed by atoms with E-state index in [2.05, 4.69) is 25.6 Å². The molecule has 9 nitrogen and oxygen atoms in total.